The number of pyridine rings is 1. The minimum Gasteiger partial charge on any atom is -0.370 e. The van der Waals surface area contributed by atoms with Gasteiger partial charge >= 0.3 is 0 Å². The molecule has 0 saturated heterocycles. The van der Waals surface area contributed by atoms with Gasteiger partial charge in [0.15, 0.2) is 0 Å². The Labute approximate surface area is 106 Å². The van der Waals surface area contributed by atoms with Gasteiger partial charge in [-0.2, -0.15) is 0 Å². The first kappa shape index (κ1) is 14.0. The fraction of sp³-hybridized carbons (Fsp3) is 0.417. The van der Waals surface area contributed by atoms with Crippen molar-refractivity contribution in [3.05, 3.63) is 23.4 Å². The van der Waals surface area contributed by atoms with Crippen molar-refractivity contribution in [1.29, 1.82) is 0 Å². The number of hydrogen-bond acceptors (Lipinski definition) is 4. The second-order valence-electron chi connectivity index (χ2n) is 3.77. The number of aromatic nitrogens is 1. The van der Waals surface area contributed by atoms with Crippen LogP contribution in [0.5, 0.6) is 0 Å². The molecule has 1 heterocycles. The molecule has 0 aliphatic carbocycles. The van der Waals surface area contributed by atoms with Crippen LogP contribution in [-0.2, 0) is 4.79 Å². The number of rotatable bonds is 5. The van der Waals surface area contributed by atoms with E-state index >= 15 is 0 Å². The van der Waals surface area contributed by atoms with Crippen molar-refractivity contribution in [2.45, 2.75) is 13.8 Å². The molecule has 0 unspecified atom stereocenters. The number of carbonyl (C=O) groups excluding carboxylic acids is 2. The summed E-state index contributed by atoms with van der Waals surface area (Å²) in [6, 6.07) is 3.34. The maximum atomic E-state index is 11.8. The van der Waals surface area contributed by atoms with Crippen LogP contribution in [0.2, 0.25) is 0 Å². The summed E-state index contributed by atoms with van der Waals surface area (Å²) >= 11 is 0. The van der Waals surface area contributed by atoms with Gasteiger partial charge in [-0.3, -0.25) is 9.59 Å². The zero-order valence-electron chi connectivity index (χ0n) is 10.8. The normalized spacial score (nSPS) is 9.72. The number of nitrogens with one attached hydrogen (secondary N) is 3. The maximum absolute atomic E-state index is 11.8. The zero-order chi connectivity index (χ0) is 13.5. The number of anilines is 1. The first-order valence-electron chi connectivity index (χ1n) is 5.78. The van der Waals surface area contributed by atoms with E-state index in [0.717, 1.165) is 12.2 Å². The van der Waals surface area contributed by atoms with E-state index in [1.165, 1.54) is 7.05 Å². The van der Waals surface area contributed by atoms with Gasteiger partial charge in [0, 0.05) is 24.8 Å². The van der Waals surface area contributed by atoms with Gasteiger partial charge in [0.25, 0.3) is 5.91 Å². The highest BCUT2D eigenvalue weighted by atomic mass is 16.2. The van der Waals surface area contributed by atoms with Crippen LogP contribution in [-0.4, -0.2) is 36.9 Å². The van der Waals surface area contributed by atoms with Gasteiger partial charge in [-0.25, -0.2) is 4.98 Å². The number of aryl methyl sites for hydroxylation is 1. The summed E-state index contributed by atoms with van der Waals surface area (Å²) in [4.78, 5) is 27.1. The lowest BCUT2D eigenvalue weighted by Gasteiger charge is -2.08. The summed E-state index contributed by atoms with van der Waals surface area (Å²) in [6.07, 6.45) is 0. The van der Waals surface area contributed by atoms with E-state index < -0.39 is 0 Å². The fourth-order valence-electron chi connectivity index (χ4n) is 1.42. The number of likely N-dealkylation sites (N-methyl/N-ethyl adjacent to an activating group) is 1. The Morgan fingerprint density at radius 3 is 2.67 bits per heavy atom. The Morgan fingerprint density at radius 1 is 1.33 bits per heavy atom. The van der Waals surface area contributed by atoms with Gasteiger partial charge in [0.05, 0.1) is 6.54 Å². The summed E-state index contributed by atoms with van der Waals surface area (Å²) in [5.41, 5.74) is 1.24. The SMILES string of the molecule is CCNc1cc(C(=O)NCC(=O)NC)cc(C)n1. The molecular weight excluding hydrogens is 232 g/mol. The van der Waals surface area contributed by atoms with E-state index in [9.17, 15) is 9.59 Å². The van der Waals surface area contributed by atoms with Crippen LogP contribution in [0.25, 0.3) is 0 Å². The van der Waals surface area contributed by atoms with Gasteiger partial charge in [-0.05, 0) is 26.0 Å². The number of amides is 2. The second-order valence-corrected chi connectivity index (χ2v) is 3.77. The molecule has 0 radical (unpaired) electrons. The molecule has 3 N–H and O–H groups in total. The van der Waals surface area contributed by atoms with Crippen LogP contribution >= 0.6 is 0 Å². The van der Waals surface area contributed by atoms with Crippen LogP contribution in [0.1, 0.15) is 23.0 Å². The summed E-state index contributed by atoms with van der Waals surface area (Å²) in [5.74, 6) is 0.131. The standard InChI is InChI=1S/C12H18N4O2/c1-4-14-10-6-9(5-8(2)16-10)12(18)15-7-11(17)13-3/h5-6H,4,7H2,1-3H3,(H,13,17)(H,14,16)(H,15,18). The van der Waals surface area contributed by atoms with Crippen molar-refractivity contribution in [1.82, 2.24) is 15.6 Å². The lowest BCUT2D eigenvalue weighted by Crippen LogP contribution is -2.35. The highest BCUT2D eigenvalue weighted by Crippen LogP contribution is 2.09. The van der Waals surface area contributed by atoms with Crippen molar-refractivity contribution in [3.8, 4) is 0 Å². The molecule has 2 amide bonds. The van der Waals surface area contributed by atoms with E-state index in [4.69, 9.17) is 0 Å². The molecule has 0 aliphatic rings. The lowest BCUT2D eigenvalue weighted by atomic mass is 10.2. The molecule has 1 aromatic rings. The van der Waals surface area contributed by atoms with Crippen LogP contribution in [0.3, 0.4) is 0 Å². The van der Waals surface area contributed by atoms with E-state index in [0.29, 0.717) is 11.4 Å². The summed E-state index contributed by atoms with van der Waals surface area (Å²) in [5, 5.41) is 8.03. The van der Waals surface area contributed by atoms with Crippen molar-refractivity contribution < 1.29 is 9.59 Å². The average molecular weight is 250 g/mol. The molecule has 0 aromatic carbocycles. The Morgan fingerprint density at radius 2 is 2.06 bits per heavy atom. The molecule has 6 heteroatoms. The quantitative estimate of drug-likeness (QED) is 0.701. The second kappa shape index (κ2) is 6.58. The van der Waals surface area contributed by atoms with Crippen LogP contribution < -0.4 is 16.0 Å². The summed E-state index contributed by atoms with van der Waals surface area (Å²) < 4.78 is 0. The molecule has 1 rings (SSSR count). The van der Waals surface area contributed by atoms with Crippen molar-refractivity contribution in [2.75, 3.05) is 25.5 Å². The minimum absolute atomic E-state index is 0.0345. The molecule has 0 bridgehead atoms. The number of hydrogen-bond donors (Lipinski definition) is 3. The third kappa shape index (κ3) is 4.04. The monoisotopic (exact) mass is 250 g/mol. The topological polar surface area (TPSA) is 83.1 Å². The molecule has 6 nitrogen and oxygen atoms in total. The molecule has 0 atom stereocenters. The minimum atomic E-state index is -0.289. The molecular formula is C12H18N4O2. The number of carbonyl (C=O) groups is 2. The Hall–Kier alpha value is -2.11. The summed E-state index contributed by atoms with van der Waals surface area (Å²) in [6.45, 7) is 4.47. The Kier molecular flexibility index (Phi) is 5.10. The third-order valence-electron chi connectivity index (χ3n) is 2.26. The Balaban J connectivity index is 2.75. The van der Waals surface area contributed by atoms with E-state index in [2.05, 4.69) is 20.9 Å². The van der Waals surface area contributed by atoms with E-state index in [-0.39, 0.29) is 18.4 Å². The van der Waals surface area contributed by atoms with Gasteiger partial charge in [-0.1, -0.05) is 0 Å². The van der Waals surface area contributed by atoms with Crippen molar-refractivity contribution in [3.63, 3.8) is 0 Å². The first-order chi connectivity index (χ1) is 8.56. The predicted octanol–water partition coefficient (Wildman–Crippen LogP) is 0.298. The van der Waals surface area contributed by atoms with Gasteiger partial charge in [0.1, 0.15) is 5.82 Å². The highest BCUT2D eigenvalue weighted by Gasteiger charge is 2.09. The van der Waals surface area contributed by atoms with E-state index in [1.54, 1.807) is 12.1 Å². The smallest absolute Gasteiger partial charge is 0.251 e. The largest absolute Gasteiger partial charge is 0.370 e. The molecule has 0 aliphatic heterocycles. The predicted molar refractivity (Wildman–Crippen MR) is 69.5 cm³/mol. The molecule has 0 saturated carbocycles. The zero-order valence-corrected chi connectivity index (χ0v) is 10.8. The Bertz CT molecular complexity index is 446. The molecule has 1 aromatic heterocycles. The van der Waals surface area contributed by atoms with E-state index in [1.807, 2.05) is 13.8 Å². The molecule has 0 spiro atoms. The summed E-state index contributed by atoms with van der Waals surface area (Å²) in [7, 11) is 1.52. The average Bonchev–Trinajstić information content (AvgIpc) is 2.35. The van der Waals surface area contributed by atoms with Crippen molar-refractivity contribution in [2.24, 2.45) is 0 Å². The van der Waals surface area contributed by atoms with Gasteiger partial charge < -0.3 is 16.0 Å². The maximum Gasteiger partial charge on any atom is 0.251 e. The molecule has 0 fully saturated rings. The van der Waals surface area contributed by atoms with Crippen LogP contribution in [0.4, 0.5) is 5.82 Å². The molecule has 98 valence electrons. The first-order valence-corrected chi connectivity index (χ1v) is 5.78. The highest BCUT2D eigenvalue weighted by molar-refractivity contribution is 5.97. The van der Waals surface area contributed by atoms with Crippen LogP contribution in [0.15, 0.2) is 12.1 Å². The lowest BCUT2D eigenvalue weighted by molar-refractivity contribution is -0.119. The van der Waals surface area contributed by atoms with Crippen molar-refractivity contribution >= 4 is 17.6 Å². The van der Waals surface area contributed by atoms with Crippen LogP contribution in [0, 0.1) is 6.92 Å². The molecule has 18 heavy (non-hydrogen) atoms. The number of nitrogens with zero attached hydrogens (tertiary/aromatic N) is 1. The third-order valence-corrected chi connectivity index (χ3v) is 2.26. The van der Waals surface area contributed by atoms with Gasteiger partial charge in [-0.15, -0.1) is 0 Å². The van der Waals surface area contributed by atoms with Gasteiger partial charge in [0.2, 0.25) is 5.91 Å². The fourth-order valence-corrected chi connectivity index (χ4v) is 1.42.